The van der Waals surface area contributed by atoms with Gasteiger partial charge in [-0.1, -0.05) is 12.1 Å². The Labute approximate surface area is 192 Å². The maximum absolute atomic E-state index is 11.0. The van der Waals surface area contributed by atoms with Gasteiger partial charge in [0.25, 0.3) is 5.69 Å². The molecule has 10 heteroatoms. The van der Waals surface area contributed by atoms with Crippen LogP contribution in [0.4, 0.5) is 16.4 Å². The van der Waals surface area contributed by atoms with Crippen LogP contribution in [0.5, 0.6) is 0 Å². The van der Waals surface area contributed by atoms with Crippen LogP contribution in [0.1, 0.15) is 12.8 Å². The second-order valence-electron chi connectivity index (χ2n) is 6.56. The highest BCUT2D eigenvalue weighted by atomic mass is 127. The molecule has 3 rings (SSSR count). The molecule has 0 bridgehead atoms. The van der Waals surface area contributed by atoms with Crippen molar-refractivity contribution in [3.8, 4) is 0 Å². The van der Waals surface area contributed by atoms with E-state index < -0.39 is 0 Å². The van der Waals surface area contributed by atoms with Crippen molar-refractivity contribution in [3.63, 3.8) is 0 Å². The van der Waals surface area contributed by atoms with Crippen molar-refractivity contribution in [3.05, 3.63) is 51.9 Å². The summed E-state index contributed by atoms with van der Waals surface area (Å²) in [4.78, 5) is 17.4. The first kappa shape index (κ1) is 23.2. The standard InChI is InChI=1S/C19H26N6O2S.HI/c1-20-19(22-11-10-21-16-5-2-3-6-17(16)25(26)27)23-15-8-12-24(13-9-15)18-7-4-14-28-18;/h2-7,14-15,21H,8-13H2,1H3,(H2,20,22,23);1H. The Morgan fingerprint density at radius 3 is 2.66 bits per heavy atom. The molecule has 1 aliphatic heterocycles. The van der Waals surface area contributed by atoms with Crippen molar-refractivity contribution in [1.82, 2.24) is 10.6 Å². The predicted molar refractivity (Wildman–Crippen MR) is 131 cm³/mol. The lowest BCUT2D eigenvalue weighted by Crippen LogP contribution is -2.49. The number of nitro benzene ring substituents is 1. The fraction of sp³-hybridized carbons (Fsp3) is 0.421. The topological polar surface area (TPSA) is 94.8 Å². The SMILES string of the molecule is CN=C(NCCNc1ccccc1[N+](=O)[O-])NC1CCN(c2cccs2)CC1.I. The van der Waals surface area contributed by atoms with E-state index in [1.165, 1.54) is 11.1 Å². The minimum absolute atomic E-state index is 0. The minimum Gasteiger partial charge on any atom is -0.378 e. The number of piperidine rings is 1. The highest BCUT2D eigenvalue weighted by molar-refractivity contribution is 14.0. The van der Waals surface area contributed by atoms with E-state index in [-0.39, 0.29) is 34.6 Å². The van der Waals surface area contributed by atoms with Gasteiger partial charge in [0.15, 0.2) is 5.96 Å². The van der Waals surface area contributed by atoms with E-state index in [0.29, 0.717) is 24.8 Å². The van der Waals surface area contributed by atoms with Crippen LogP contribution in [0.2, 0.25) is 0 Å². The lowest BCUT2D eigenvalue weighted by atomic mass is 10.1. The summed E-state index contributed by atoms with van der Waals surface area (Å²) in [5.74, 6) is 0.763. The van der Waals surface area contributed by atoms with Crippen molar-refractivity contribution in [2.75, 3.05) is 43.4 Å². The van der Waals surface area contributed by atoms with Gasteiger partial charge in [0, 0.05) is 45.3 Å². The van der Waals surface area contributed by atoms with Crippen molar-refractivity contribution < 1.29 is 4.92 Å². The molecule has 1 aromatic heterocycles. The van der Waals surface area contributed by atoms with Crippen molar-refractivity contribution in [1.29, 1.82) is 0 Å². The third-order valence-electron chi connectivity index (χ3n) is 4.71. The van der Waals surface area contributed by atoms with Gasteiger partial charge in [-0.15, -0.1) is 35.3 Å². The van der Waals surface area contributed by atoms with Gasteiger partial charge in [-0.25, -0.2) is 0 Å². The van der Waals surface area contributed by atoms with Gasteiger partial charge in [0.1, 0.15) is 5.69 Å². The van der Waals surface area contributed by atoms with Crippen molar-refractivity contribution >= 4 is 57.6 Å². The van der Waals surface area contributed by atoms with E-state index in [9.17, 15) is 10.1 Å². The first-order chi connectivity index (χ1) is 13.7. The summed E-state index contributed by atoms with van der Waals surface area (Å²) in [6.45, 7) is 3.24. The average molecular weight is 530 g/mol. The van der Waals surface area contributed by atoms with Gasteiger partial charge in [-0.2, -0.15) is 0 Å². The van der Waals surface area contributed by atoms with Crippen LogP contribution in [0.25, 0.3) is 0 Å². The molecule has 0 aliphatic carbocycles. The molecule has 158 valence electrons. The zero-order chi connectivity index (χ0) is 19.8. The fourth-order valence-corrected chi connectivity index (χ4v) is 4.03. The first-order valence-corrected chi connectivity index (χ1v) is 10.3. The Morgan fingerprint density at radius 1 is 1.24 bits per heavy atom. The van der Waals surface area contributed by atoms with Gasteiger partial charge in [0.05, 0.1) is 9.92 Å². The number of hydrogen-bond acceptors (Lipinski definition) is 6. The molecule has 2 aromatic rings. The molecular formula is C19H27IN6O2S. The van der Waals surface area contributed by atoms with Crippen LogP contribution < -0.4 is 20.9 Å². The molecule has 3 N–H and O–H groups in total. The van der Waals surface area contributed by atoms with Gasteiger partial charge < -0.3 is 20.9 Å². The molecule has 0 unspecified atom stereocenters. The van der Waals surface area contributed by atoms with Crippen LogP contribution >= 0.6 is 35.3 Å². The Balaban J connectivity index is 0.00000300. The molecule has 8 nitrogen and oxygen atoms in total. The Hall–Kier alpha value is -2.08. The summed E-state index contributed by atoms with van der Waals surface area (Å²) in [7, 11) is 1.76. The van der Waals surface area contributed by atoms with E-state index in [2.05, 4.69) is 43.4 Å². The highest BCUT2D eigenvalue weighted by Gasteiger charge is 2.20. The van der Waals surface area contributed by atoms with E-state index in [4.69, 9.17) is 0 Å². The van der Waals surface area contributed by atoms with E-state index in [1.807, 2.05) is 0 Å². The van der Waals surface area contributed by atoms with Crippen LogP contribution in [0.3, 0.4) is 0 Å². The average Bonchev–Trinajstić information content (AvgIpc) is 3.26. The number of guanidine groups is 1. The largest absolute Gasteiger partial charge is 0.378 e. The molecule has 1 fully saturated rings. The molecule has 0 spiro atoms. The van der Waals surface area contributed by atoms with Crippen LogP contribution in [0, 0.1) is 10.1 Å². The molecule has 0 atom stereocenters. The summed E-state index contributed by atoms with van der Waals surface area (Å²) in [5, 5.41) is 24.4. The molecule has 1 saturated heterocycles. The third kappa shape index (κ3) is 6.74. The lowest BCUT2D eigenvalue weighted by Gasteiger charge is -2.33. The van der Waals surface area contributed by atoms with Crippen LogP contribution in [-0.4, -0.2) is 50.2 Å². The summed E-state index contributed by atoms with van der Waals surface area (Å²) in [6.07, 6.45) is 2.13. The van der Waals surface area contributed by atoms with Gasteiger partial charge in [-0.05, 0) is 36.4 Å². The van der Waals surface area contributed by atoms with E-state index in [0.717, 1.165) is 31.9 Å². The summed E-state index contributed by atoms with van der Waals surface area (Å²) >= 11 is 1.78. The minimum atomic E-state index is -0.376. The number of nitro groups is 1. The number of halogens is 1. The zero-order valence-corrected chi connectivity index (χ0v) is 19.5. The summed E-state index contributed by atoms with van der Waals surface area (Å²) in [5.41, 5.74) is 0.612. The molecule has 1 aliphatic rings. The number of rotatable bonds is 7. The number of aliphatic imine (C=N–C) groups is 1. The predicted octanol–water partition coefficient (Wildman–Crippen LogP) is 3.52. The molecule has 29 heavy (non-hydrogen) atoms. The normalized spacial score (nSPS) is 14.8. The molecule has 1 aromatic carbocycles. The first-order valence-electron chi connectivity index (χ1n) is 9.40. The smallest absolute Gasteiger partial charge is 0.292 e. The lowest BCUT2D eigenvalue weighted by molar-refractivity contribution is -0.384. The Kier molecular flexibility index (Phi) is 9.45. The van der Waals surface area contributed by atoms with Gasteiger partial charge >= 0.3 is 0 Å². The fourth-order valence-electron chi connectivity index (χ4n) is 3.24. The zero-order valence-electron chi connectivity index (χ0n) is 16.3. The van der Waals surface area contributed by atoms with Crippen molar-refractivity contribution in [2.45, 2.75) is 18.9 Å². The molecular weight excluding hydrogens is 503 g/mol. The summed E-state index contributed by atoms with van der Waals surface area (Å²) < 4.78 is 0. The number of para-hydroxylation sites is 2. The van der Waals surface area contributed by atoms with Gasteiger partial charge in [-0.3, -0.25) is 15.1 Å². The van der Waals surface area contributed by atoms with E-state index >= 15 is 0 Å². The van der Waals surface area contributed by atoms with Crippen LogP contribution in [-0.2, 0) is 0 Å². The number of nitrogens with one attached hydrogen (secondary N) is 3. The number of hydrogen-bond donors (Lipinski definition) is 3. The molecule has 2 heterocycles. The number of thiophene rings is 1. The Bertz CT molecular complexity index is 794. The third-order valence-corrected chi connectivity index (χ3v) is 5.64. The maximum atomic E-state index is 11.0. The quantitative estimate of drug-likeness (QED) is 0.127. The number of anilines is 2. The van der Waals surface area contributed by atoms with E-state index in [1.54, 1.807) is 36.6 Å². The maximum Gasteiger partial charge on any atom is 0.292 e. The number of nitrogens with zero attached hydrogens (tertiary/aromatic N) is 3. The van der Waals surface area contributed by atoms with Crippen molar-refractivity contribution in [2.24, 2.45) is 4.99 Å². The van der Waals surface area contributed by atoms with Crippen LogP contribution in [0.15, 0.2) is 46.8 Å². The molecule has 0 saturated carbocycles. The van der Waals surface area contributed by atoms with Gasteiger partial charge in [0.2, 0.25) is 0 Å². The summed E-state index contributed by atoms with van der Waals surface area (Å²) in [6, 6.07) is 11.3. The molecule has 0 radical (unpaired) electrons. The second-order valence-corrected chi connectivity index (χ2v) is 7.48. The monoisotopic (exact) mass is 530 g/mol. The second kappa shape index (κ2) is 11.8. The Morgan fingerprint density at radius 2 is 2.00 bits per heavy atom. The number of benzene rings is 1. The molecule has 0 amide bonds. The highest BCUT2D eigenvalue weighted by Crippen LogP contribution is 2.25.